The fourth-order valence-corrected chi connectivity index (χ4v) is 1.95. The molecule has 24 heavy (non-hydrogen) atoms. The van der Waals surface area contributed by atoms with Crippen LogP contribution in [-0.4, -0.2) is 25.6 Å². The third-order valence-electron chi connectivity index (χ3n) is 3.08. The topological polar surface area (TPSA) is 103 Å². The Morgan fingerprint density at radius 3 is 2.75 bits per heavy atom. The predicted octanol–water partition coefficient (Wildman–Crippen LogP) is 2.08. The molecule has 0 unspecified atom stereocenters. The highest BCUT2D eigenvalue weighted by Crippen LogP contribution is 2.30. The number of nitro groups is 1. The molecule has 0 aliphatic carbocycles. The lowest BCUT2D eigenvalue weighted by Gasteiger charge is -2.15. The zero-order valence-electron chi connectivity index (χ0n) is 12.3. The molecule has 0 radical (unpaired) electrons. The number of nitrogens with one attached hydrogen (secondary N) is 1. The van der Waals surface area contributed by atoms with Gasteiger partial charge in [0.1, 0.15) is 6.54 Å². The monoisotopic (exact) mass is 343 g/mol. The lowest BCUT2D eigenvalue weighted by atomic mass is 10.0. The quantitative estimate of drug-likeness (QED) is 0.661. The van der Waals surface area contributed by atoms with Crippen LogP contribution in [0.1, 0.15) is 24.1 Å². The minimum Gasteiger partial charge on any atom is -0.390 e. The van der Waals surface area contributed by atoms with Gasteiger partial charge in [-0.25, -0.2) is 0 Å². The second kappa shape index (κ2) is 6.64. The van der Waals surface area contributed by atoms with E-state index in [-0.39, 0.29) is 12.1 Å². The number of amides is 1. The Labute approximate surface area is 133 Å². The van der Waals surface area contributed by atoms with Gasteiger partial charge in [-0.05, 0) is 29.5 Å². The molecule has 0 bridgehead atoms. The van der Waals surface area contributed by atoms with E-state index in [1.807, 2.05) is 0 Å². The molecule has 0 spiro atoms. The maximum atomic E-state index is 12.7. The standard InChI is InChI=1S/C13H12F3N5O3/c1-8(9-3-2-4-10(5-9)13(14,15)16)18-11(22)6-20-7-17-12(19-20)21(23)24/h2-5,7-8H,6H2,1H3,(H,18,22)/t8-/m1/s1. The van der Waals surface area contributed by atoms with Gasteiger partial charge in [-0.1, -0.05) is 17.1 Å². The molecule has 1 aromatic carbocycles. The van der Waals surface area contributed by atoms with Crippen LogP contribution in [0.3, 0.4) is 0 Å². The van der Waals surface area contributed by atoms with Crippen molar-refractivity contribution in [3.63, 3.8) is 0 Å². The molecule has 2 rings (SSSR count). The van der Waals surface area contributed by atoms with E-state index in [2.05, 4.69) is 15.4 Å². The molecule has 0 aliphatic heterocycles. The molecule has 0 saturated carbocycles. The van der Waals surface area contributed by atoms with E-state index >= 15 is 0 Å². The van der Waals surface area contributed by atoms with Crippen molar-refractivity contribution in [3.05, 3.63) is 51.8 Å². The molecule has 1 aromatic heterocycles. The van der Waals surface area contributed by atoms with Crippen molar-refractivity contribution in [3.8, 4) is 0 Å². The molecule has 1 heterocycles. The number of hydrogen-bond acceptors (Lipinski definition) is 5. The van der Waals surface area contributed by atoms with E-state index in [0.717, 1.165) is 23.1 Å². The fourth-order valence-electron chi connectivity index (χ4n) is 1.95. The summed E-state index contributed by atoms with van der Waals surface area (Å²) >= 11 is 0. The number of carbonyl (C=O) groups is 1. The molecule has 128 valence electrons. The van der Waals surface area contributed by atoms with E-state index < -0.39 is 34.6 Å². The van der Waals surface area contributed by atoms with Crippen LogP contribution in [0.5, 0.6) is 0 Å². The summed E-state index contributed by atoms with van der Waals surface area (Å²) in [6.45, 7) is 1.18. The van der Waals surface area contributed by atoms with Crippen LogP contribution in [0.15, 0.2) is 30.6 Å². The Bertz CT molecular complexity index is 759. The normalized spacial score (nSPS) is 12.7. The van der Waals surface area contributed by atoms with Gasteiger partial charge in [0.2, 0.25) is 12.2 Å². The van der Waals surface area contributed by atoms with Crippen LogP contribution >= 0.6 is 0 Å². The van der Waals surface area contributed by atoms with Crippen molar-refractivity contribution in [1.29, 1.82) is 0 Å². The summed E-state index contributed by atoms with van der Waals surface area (Å²) in [5.41, 5.74) is -0.532. The Morgan fingerprint density at radius 2 is 2.17 bits per heavy atom. The number of rotatable bonds is 5. The van der Waals surface area contributed by atoms with Gasteiger partial charge in [0.05, 0.1) is 11.6 Å². The first-order valence-corrected chi connectivity index (χ1v) is 6.67. The summed E-state index contributed by atoms with van der Waals surface area (Å²) in [7, 11) is 0. The number of aromatic nitrogens is 3. The van der Waals surface area contributed by atoms with Crippen molar-refractivity contribution in [2.24, 2.45) is 0 Å². The van der Waals surface area contributed by atoms with Crippen molar-refractivity contribution in [2.45, 2.75) is 25.7 Å². The van der Waals surface area contributed by atoms with Gasteiger partial charge in [0.15, 0.2) is 0 Å². The molecule has 11 heteroatoms. The van der Waals surface area contributed by atoms with Gasteiger partial charge in [-0.2, -0.15) is 17.9 Å². The first kappa shape index (κ1) is 17.4. The number of alkyl halides is 3. The third kappa shape index (κ3) is 4.27. The number of nitrogens with zero attached hydrogens (tertiary/aromatic N) is 4. The fraction of sp³-hybridized carbons (Fsp3) is 0.308. The molecule has 1 atom stereocenters. The lowest BCUT2D eigenvalue weighted by molar-refractivity contribution is -0.394. The molecule has 1 amide bonds. The largest absolute Gasteiger partial charge is 0.490 e. The first-order valence-electron chi connectivity index (χ1n) is 6.67. The SMILES string of the molecule is C[C@@H](NC(=O)Cn1cnc([N+](=O)[O-])n1)c1cccc(C(F)(F)F)c1. The van der Waals surface area contributed by atoms with Crippen molar-refractivity contribution >= 4 is 11.9 Å². The minimum atomic E-state index is -4.47. The molecular weight excluding hydrogens is 331 g/mol. The Hall–Kier alpha value is -2.98. The van der Waals surface area contributed by atoms with E-state index in [1.54, 1.807) is 0 Å². The lowest BCUT2D eigenvalue weighted by Crippen LogP contribution is -2.30. The van der Waals surface area contributed by atoms with Crippen LogP contribution in [0, 0.1) is 10.1 Å². The highest BCUT2D eigenvalue weighted by atomic mass is 19.4. The van der Waals surface area contributed by atoms with Crippen LogP contribution in [-0.2, 0) is 17.5 Å². The van der Waals surface area contributed by atoms with E-state index in [0.29, 0.717) is 0 Å². The summed E-state index contributed by atoms with van der Waals surface area (Å²) in [6.07, 6.45) is -3.45. The highest BCUT2D eigenvalue weighted by molar-refractivity contribution is 5.76. The van der Waals surface area contributed by atoms with Crippen LogP contribution in [0.25, 0.3) is 0 Å². The zero-order chi connectivity index (χ0) is 17.9. The summed E-state index contributed by atoms with van der Waals surface area (Å²) in [4.78, 5) is 24.9. The third-order valence-corrected chi connectivity index (χ3v) is 3.08. The number of halogens is 3. The molecule has 8 nitrogen and oxygen atoms in total. The molecule has 1 N–H and O–H groups in total. The van der Waals surface area contributed by atoms with Crippen LogP contribution < -0.4 is 5.32 Å². The highest BCUT2D eigenvalue weighted by Gasteiger charge is 2.30. The van der Waals surface area contributed by atoms with Crippen LogP contribution in [0.2, 0.25) is 0 Å². The second-order valence-corrected chi connectivity index (χ2v) is 4.91. The maximum absolute atomic E-state index is 12.7. The summed E-state index contributed by atoms with van der Waals surface area (Å²) in [5.74, 6) is -1.21. The van der Waals surface area contributed by atoms with Crippen molar-refractivity contribution in [2.75, 3.05) is 0 Å². The van der Waals surface area contributed by atoms with Crippen molar-refractivity contribution in [1.82, 2.24) is 20.1 Å². The zero-order valence-corrected chi connectivity index (χ0v) is 12.3. The molecular formula is C13H12F3N5O3. The number of hydrogen-bond donors (Lipinski definition) is 1. The summed E-state index contributed by atoms with van der Waals surface area (Å²) in [6, 6.07) is 3.92. The smallest absolute Gasteiger partial charge is 0.390 e. The van der Waals surface area contributed by atoms with Gasteiger partial charge in [0, 0.05) is 5.10 Å². The summed E-state index contributed by atoms with van der Waals surface area (Å²) in [5, 5.41) is 16.4. The average Bonchev–Trinajstić information content (AvgIpc) is 2.95. The van der Waals surface area contributed by atoms with E-state index in [4.69, 9.17) is 0 Å². The minimum absolute atomic E-state index is 0.280. The first-order chi connectivity index (χ1) is 11.2. The maximum Gasteiger partial charge on any atom is 0.490 e. The Balaban J connectivity index is 2.02. The van der Waals surface area contributed by atoms with Gasteiger partial charge >= 0.3 is 12.1 Å². The summed E-state index contributed by atoms with van der Waals surface area (Å²) < 4.78 is 39.0. The molecule has 2 aromatic rings. The number of carbonyl (C=O) groups excluding carboxylic acids is 1. The molecule has 0 aliphatic rings. The molecule has 0 fully saturated rings. The van der Waals surface area contributed by atoms with Gasteiger partial charge in [-0.3, -0.25) is 4.79 Å². The van der Waals surface area contributed by atoms with E-state index in [9.17, 15) is 28.1 Å². The Kier molecular flexibility index (Phi) is 4.81. The Morgan fingerprint density at radius 1 is 1.46 bits per heavy atom. The molecule has 0 saturated heterocycles. The predicted molar refractivity (Wildman–Crippen MR) is 74.7 cm³/mol. The van der Waals surface area contributed by atoms with Crippen molar-refractivity contribution < 1.29 is 22.9 Å². The second-order valence-electron chi connectivity index (χ2n) is 4.91. The average molecular weight is 343 g/mol. The van der Waals surface area contributed by atoms with Gasteiger partial charge < -0.3 is 15.4 Å². The number of benzene rings is 1. The van der Waals surface area contributed by atoms with Crippen LogP contribution in [0.4, 0.5) is 19.1 Å². The van der Waals surface area contributed by atoms with E-state index in [1.165, 1.54) is 19.1 Å². The van der Waals surface area contributed by atoms with Gasteiger partial charge in [-0.15, -0.1) is 0 Å². The van der Waals surface area contributed by atoms with Gasteiger partial charge in [0.25, 0.3) is 0 Å².